The summed E-state index contributed by atoms with van der Waals surface area (Å²) < 4.78 is 19.9. The van der Waals surface area contributed by atoms with Crippen molar-refractivity contribution in [1.29, 1.82) is 0 Å². The van der Waals surface area contributed by atoms with E-state index in [-0.39, 0.29) is 17.6 Å². The SMILES string of the molecule is Cc1ccc(-c2cc(C(N)=O)nc3c2CCO[C@@H]3C)c(F)c1. The van der Waals surface area contributed by atoms with Crippen LogP contribution in [-0.4, -0.2) is 17.5 Å². The Kier molecular flexibility index (Phi) is 3.66. The van der Waals surface area contributed by atoms with E-state index in [2.05, 4.69) is 4.98 Å². The molecule has 2 N–H and O–H groups in total. The molecule has 1 amide bonds. The minimum Gasteiger partial charge on any atom is -0.372 e. The molecule has 1 atom stereocenters. The molecule has 4 nitrogen and oxygen atoms in total. The van der Waals surface area contributed by atoms with Gasteiger partial charge in [0.2, 0.25) is 0 Å². The third kappa shape index (κ3) is 2.48. The molecule has 0 saturated heterocycles. The zero-order valence-corrected chi connectivity index (χ0v) is 12.5. The number of benzene rings is 1. The number of aryl methyl sites for hydroxylation is 1. The topological polar surface area (TPSA) is 65.2 Å². The van der Waals surface area contributed by atoms with Gasteiger partial charge in [-0.2, -0.15) is 0 Å². The Morgan fingerprint density at radius 3 is 2.82 bits per heavy atom. The van der Waals surface area contributed by atoms with E-state index in [1.54, 1.807) is 12.1 Å². The van der Waals surface area contributed by atoms with E-state index in [0.29, 0.717) is 29.8 Å². The van der Waals surface area contributed by atoms with E-state index in [1.165, 1.54) is 6.07 Å². The Bertz CT molecular complexity index is 759. The smallest absolute Gasteiger partial charge is 0.267 e. The van der Waals surface area contributed by atoms with Crippen LogP contribution in [-0.2, 0) is 11.2 Å². The molecule has 22 heavy (non-hydrogen) atoms. The summed E-state index contributed by atoms with van der Waals surface area (Å²) in [7, 11) is 0. The van der Waals surface area contributed by atoms with Gasteiger partial charge in [0, 0.05) is 5.56 Å². The molecule has 0 fully saturated rings. The monoisotopic (exact) mass is 300 g/mol. The number of aromatic nitrogens is 1. The summed E-state index contributed by atoms with van der Waals surface area (Å²) in [6.45, 7) is 4.25. The molecule has 2 aromatic rings. The largest absolute Gasteiger partial charge is 0.372 e. The molecule has 0 bridgehead atoms. The number of carbonyl (C=O) groups is 1. The maximum absolute atomic E-state index is 14.4. The Labute approximate surface area is 128 Å². The fourth-order valence-corrected chi connectivity index (χ4v) is 2.81. The lowest BCUT2D eigenvalue weighted by Crippen LogP contribution is -2.21. The van der Waals surface area contributed by atoms with Crippen molar-refractivity contribution in [2.45, 2.75) is 26.4 Å². The quantitative estimate of drug-likeness (QED) is 0.927. The number of amides is 1. The van der Waals surface area contributed by atoms with Gasteiger partial charge in [0.05, 0.1) is 18.4 Å². The van der Waals surface area contributed by atoms with Crippen LogP contribution in [0.25, 0.3) is 11.1 Å². The van der Waals surface area contributed by atoms with Crippen molar-refractivity contribution in [3.63, 3.8) is 0 Å². The minimum absolute atomic E-state index is 0.131. The zero-order chi connectivity index (χ0) is 15.9. The van der Waals surface area contributed by atoms with Crippen molar-refractivity contribution in [2.24, 2.45) is 5.73 Å². The van der Waals surface area contributed by atoms with Gasteiger partial charge < -0.3 is 10.5 Å². The van der Waals surface area contributed by atoms with Gasteiger partial charge in [-0.3, -0.25) is 4.79 Å². The van der Waals surface area contributed by atoms with Crippen molar-refractivity contribution in [2.75, 3.05) is 6.61 Å². The molecule has 0 unspecified atom stereocenters. The van der Waals surface area contributed by atoms with Crippen LogP contribution < -0.4 is 5.73 Å². The zero-order valence-electron chi connectivity index (χ0n) is 12.5. The average Bonchev–Trinajstić information content (AvgIpc) is 2.47. The van der Waals surface area contributed by atoms with Crippen LogP contribution in [0.3, 0.4) is 0 Å². The molecule has 3 rings (SSSR count). The van der Waals surface area contributed by atoms with Crippen molar-refractivity contribution in [1.82, 2.24) is 4.98 Å². The molecule has 0 radical (unpaired) electrons. The first-order valence-corrected chi connectivity index (χ1v) is 7.19. The summed E-state index contributed by atoms with van der Waals surface area (Å²) >= 11 is 0. The van der Waals surface area contributed by atoms with Crippen LogP contribution in [0, 0.1) is 12.7 Å². The first kappa shape index (κ1) is 14.7. The second-order valence-corrected chi connectivity index (χ2v) is 5.53. The van der Waals surface area contributed by atoms with Gasteiger partial charge in [0.25, 0.3) is 5.91 Å². The number of carbonyl (C=O) groups excluding carboxylic acids is 1. The summed E-state index contributed by atoms with van der Waals surface area (Å²) in [6, 6.07) is 6.63. The molecular formula is C17H17FN2O2. The first-order valence-electron chi connectivity index (χ1n) is 7.19. The highest BCUT2D eigenvalue weighted by atomic mass is 19.1. The molecular weight excluding hydrogens is 283 g/mol. The summed E-state index contributed by atoms with van der Waals surface area (Å²) in [4.78, 5) is 15.8. The predicted molar refractivity (Wildman–Crippen MR) is 81.0 cm³/mol. The number of pyridine rings is 1. The van der Waals surface area contributed by atoms with E-state index in [4.69, 9.17) is 10.5 Å². The molecule has 1 aromatic heterocycles. The van der Waals surface area contributed by atoms with Gasteiger partial charge in [0.1, 0.15) is 11.5 Å². The van der Waals surface area contributed by atoms with Gasteiger partial charge in [-0.25, -0.2) is 9.37 Å². The third-order valence-corrected chi connectivity index (χ3v) is 3.93. The molecule has 1 aliphatic heterocycles. The van der Waals surface area contributed by atoms with Gasteiger partial charge in [-0.1, -0.05) is 12.1 Å². The van der Waals surface area contributed by atoms with Gasteiger partial charge >= 0.3 is 0 Å². The van der Waals surface area contributed by atoms with Gasteiger partial charge in [0.15, 0.2) is 0 Å². The number of rotatable bonds is 2. The van der Waals surface area contributed by atoms with Crippen LogP contribution in [0.15, 0.2) is 24.3 Å². The molecule has 0 saturated carbocycles. The Balaban J connectivity index is 2.27. The maximum Gasteiger partial charge on any atom is 0.267 e. The molecule has 1 aliphatic rings. The summed E-state index contributed by atoms with van der Waals surface area (Å²) in [6.07, 6.45) is 0.393. The summed E-state index contributed by atoms with van der Waals surface area (Å²) in [5.74, 6) is -0.947. The third-order valence-electron chi connectivity index (χ3n) is 3.93. The maximum atomic E-state index is 14.4. The minimum atomic E-state index is -0.630. The van der Waals surface area contributed by atoms with Gasteiger partial charge in [-0.05, 0) is 49.1 Å². The van der Waals surface area contributed by atoms with E-state index in [9.17, 15) is 9.18 Å². The van der Waals surface area contributed by atoms with Crippen molar-refractivity contribution < 1.29 is 13.9 Å². The van der Waals surface area contributed by atoms with E-state index in [1.807, 2.05) is 19.9 Å². The lowest BCUT2D eigenvalue weighted by atomic mass is 9.92. The number of hydrogen-bond acceptors (Lipinski definition) is 3. The lowest BCUT2D eigenvalue weighted by Gasteiger charge is -2.25. The van der Waals surface area contributed by atoms with Crippen LogP contribution in [0.4, 0.5) is 4.39 Å². The molecule has 0 aliphatic carbocycles. The second kappa shape index (κ2) is 5.50. The lowest BCUT2D eigenvalue weighted by molar-refractivity contribution is 0.0520. The van der Waals surface area contributed by atoms with E-state index in [0.717, 1.165) is 11.1 Å². The van der Waals surface area contributed by atoms with Crippen molar-refractivity contribution in [3.8, 4) is 11.1 Å². The van der Waals surface area contributed by atoms with Crippen LogP contribution in [0.1, 0.15) is 40.3 Å². The van der Waals surface area contributed by atoms with E-state index >= 15 is 0 Å². The predicted octanol–water partition coefficient (Wildman–Crippen LogP) is 2.93. The molecule has 0 spiro atoms. The highest BCUT2D eigenvalue weighted by molar-refractivity contribution is 5.92. The van der Waals surface area contributed by atoms with Gasteiger partial charge in [-0.15, -0.1) is 0 Å². The van der Waals surface area contributed by atoms with Crippen LogP contribution >= 0.6 is 0 Å². The molecule has 1 aromatic carbocycles. The Morgan fingerprint density at radius 2 is 2.14 bits per heavy atom. The number of hydrogen-bond donors (Lipinski definition) is 1. The Hall–Kier alpha value is -2.27. The molecule has 114 valence electrons. The van der Waals surface area contributed by atoms with Crippen molar-refractivity contribution >= 4 is 5.91 Å². The normalized spacial score (nSPS) is 17.1. The summed E-state index contributed by atoms with van der Waals surface area (Å²) in [5, 5.41) is 0. The number of nitrogens with two attached hydrogens (primary N) is 1. The average molecular weight is 300 g/mol. The first-order chi connectivity index (χ1) is 10.5. The van der Waals surface area contributed by atoms with Crippen LogP contribution in [0.2, 0.25) is 0 Å². The van der Waals surface area contributed by atoms with Crippen molar-refractivity contribution in [3.05, 3.63) is 52.6 Å². The standard InChI is InChI=1S/C17H17FN2O2/c1-9-3-4-11(14(18)7-9)13-8-15(17(19)21)20-16-10(2)22-6-5-12(13)16/h3-4,7-8,10H,5-6H2,1-2H3,(H2,19,21)/t10-/m1/s1. The van der Waals surface area contributed by atoms with Crippen LogP contribution in [0.5, 0.6) is 0 Å². The number of fused-ring (bicyclic) bond motifs is 1. The highest BCUT2D eigenvalue weighted by Gasteiger charge is 2.25. The molecule has 2 heterocycles. The fraction of sp³-hybridized carbons (Fsp3) is 0.294. The highest BCUT2D eigenvalue weighted by Crippen LogP contribution is 2.35. The molecule has 5 heteroatoms. The van der Waals surface area contributed by atoms with E-state index < -0.39 is 5.91 Å². The Morgan fingerprint density at radius 1 is 1.36 bits per heavy atom. The fourth-order valence-electron chi connectivity index (χ4n) is 2.81. The number of primary amides is 1. The second-order valence-electron chi connectivity index (χ2n) is 5.53. The number of ether oxygens (including phenoxy) is 1. The number of nitrogens with zero attached hydrogens (tertiary/aromatic N) is 1. The number of halogens is 1. The summed E-state index contributed by atoms with van der Waals surface area (Å²) in [5.41, 5.74) is 9.06.